The van der Waals surface area contributed by atoms with E-state index in [9.17, 15) is 4.79 Å². The predicted molar refractivity (Wildman–Crippen MR) is 148 cm³/mol. The Morgan fingerprint density at radius 3 is 2.13 bits per heavy atom. The van der Waals surface area contributed by atoms with Crippen LogP contribution < -0.4 is 24.3 Å². The molecule has 200 valence electrons. The van der Waals surface area contributed by atoms with E-state index in [1.807, 2.05) is 64.3 Å². The van der Waals surface area contributed by atoms with Crippen molar-refractivity contribution >= 4 is 23.1 Å². The average Bonchev–Trinajstić information content (AvgIpc) is 3.53. The maximum absolute atomic E-state index is 13.4. The fourth-order valence-electron chi connectivity index (χ4n) is 3.83. The molecule has 0 fully saturated rings. The molecule has 2 aromatic carbocycles. The first-order valence-corrected chi connectivity index (χ1v) is 13.5. The molecule has 0 spiro atoms. The summed E-state index contributed by atoms with van der Waals surface area (Å²) in [6.45, 7) is 11.3. The van der Waals surface area contributed by atoms with Gasteiger partial charge in [-0.25, -0.2) is 4.98 Å². The van der Waals surface area contributed by atoms with Crippen molar-refractivity contribution in [2.45, 2.75) is 34.6 Å². The van der Waals surface area contributed by atoms with Gasteiger partial charge in [-0.3, -0.25) is 4.79 Å². The molecule has 1 N–H and O–H groups in total. The van der Waals surface area contributed by atoms with Crippen LogP contribution in [0.15, 0.2) is 47.8 Å². The van der Waals surface area contributed by atoms with Crippen molar-refractivity contribution in [2.24, 2.45) is 0 Å². The molecule has 4 rings (SSSR count). The number of hydrogen-bond acceptors (Lipinski definition) is 8. The van der Waals surface area contributed by atoms with Crippen molar-refractivity contribution in [3.8, 4) is 39.4 Å². The molecule has 0 aliphatic heterocycles. The molecule has 38 heavy (non-hydrogen) atoms. The number of nitrogens with one attached hydrogen (secondary N) is 1. The van der Waals surface area contributed by atoms with Crippen molar-refractivity contribution < 1.29 is 23.7 Å². The second-order valence-corrected chi connectivity index (χ2v) is 8.95. The number of carbonyl (C=O) groups is 1. The number of carbonyl (C=O) groups excluding carboxylic acids is 1. The molecule has 2 heterocycles. The first-order valence-electron chi connectivity index (χ1n) is 12.6. The highest BCUT2D eigenvalue weighted by molar-refractivity contribution is 7.12. The number of hydrogen-bond donors (Lipinski definition) is 1. The van der Waals surface area contributed by atoms with E-state index < -0.39 is 0 Å². The minimum atomic E-state index is -0.334. The third-order valence-corrected chi connectivity index (χ3v) is 6.19. The summed E-state index contributed by atoms with van der Waals surface area (Å²) in [7, 11) is 0. The predicted octanol–water partition coefficient (Wildman–Crippen LogP) is 6.15. The van der Waals surface area contributed by atoms with E-state index in [2.05, 4.69) is 10.4 Å². The average molecular weight is 537 g/mol. The van der Waals surface area contributed by atoms with Gasteiger partial charge in [-0.15, -0.1) is 11.3 Å². The number of thiazole rings is 1. The van der Waals surface area contributed by atoms with Gasteiger partial charge in [-0.1, -0.05) is 0 Å². The summed E-state index contributed by atoms with van der Waals surface area (Å²) in [4.78, 5) is 18.1. The van der Waals surface area contributed by atoms with Crippen molar-refractivity contribution in [1.82, 2.24) is 14.8 Å². The summed E-state index contributed by atoms with van der Waals surface area (Å²) in [6, 6.07) is 12.9. The fourth-order valence-corrected chi connectivity index (χ4v) is 4.62. The van der Waals surface area contributed by atoms with Crippen LogP contribution in [0.2, 0.25) is 0 Å². The molecule has 2 aromatic heterocycles. The molecule has 0 aliphatic rings. The van der Waals surface area contributed by atoms with Gasteiger partial charge < -0.3 is 24.3 Å². The minimum absolute atomic E-state index is 0.334. The third-order valence-electron chi connectivity index (χ3n) is 5.38. The highest BCUT2D eigenvalue weighted by Gasteiger charge is 2.20. The Labute approximate surface area is 226 Å². The SMILES string of the molecule is CCOc1ccc(-c2csc(-n3nc(C)cc3NC(=O)c3cc(OCC)c(OCC)c(OCC)c3)n2)cc1. The molecule has 0 aliphatic carbocycles. The van der Waals surface area contributed by atoms with Gasteiger partial charge in [-0.2, -0.15) is 9.78 Å². The lowest BCUT2D eigenvalue weighted by molar-refractivity contribution is 0.102. The van der Waals surface area contributed by atoms with Crippen LogP contribution >= 0.6 is 11.3 Å². The molecule has 0 atom stereocenters. The van der Waals surface area contributed by atoms with Crippen LogP contribution in [0.1, 0.15) is 43.7 Å². The second-order valence-electron chi connectivity index (χ2n) is 8.11. The number of aryl methyl sites for hydroxylation is 1. The number of benzene rings is 2. The zero-order chi connectivity index (χ0) is 27.1. The second kappa shape index (κ2) is 12.5. The molecule has 4 aromatic rings. The summed E-state index contributed by atoms with van der Waals surface area (Å²) in [5.74, 6) is 2.38. The quantitative estimate of drug-likeness (QED) is 0.232. The van der Waals surface area contributed by atoms with Crippen molar-refractivity contribution in [3.63, 3.8) is 0 Å². The summed E-state index contributed by atoms with van der Waals surface area (Å²) in [5.41, 5.74) is 2.90. The van der Waals surface area contributed by atoms with Crippen LogP contribution in [0.5, 0.6) is 23.0 Å². The first-order chi connectivity index (χ1) is 18.5. The summed E-state index contributed by atoms with van der Waals surface area (Å²) in [5, 5.41) is 10.1. The van der Waals surface area contributed by atoms with Crippen LogP contribution in [-0.4, -0.2) is 47.1 Å². The molecule has 10 heteroatoms. The summed E-state index contributed by atoms with van der Waals surface area (Å²) >= 11 is 1.44. The molecule has 0 unspecified atom stereocenters. The topological polar surface area (TPSA) is 96.7 Å². The maximum atomic E-state index is 13.4. The number of nitrogens with zero attached hydrogens (tertiary/aromatic N) is 3. The molecular formula is C28H32N4O5S. The van der Waals surface area contributed by atoms with Gasteiger partial charge >= 0.3 is 0 Å². The summed E-state index contributed by atoms with van der Waals surface area (Å²) in [6.07, 6.45) is 0. The smallest absolute Gasteiger partial charge is 0.257 e. The standard InChI is InChI=1S/C28H32N4O5S/c1-6-34-21-12-10-19(11-13-21)22-17-38-28(29-22)32-25(14-18(5)31-32)30-27(33)20-15-23(35-7-2)26(37-9-4)24(16-20)36-8-3/h10-17H,6-9H2,1-5H3,(H,30,33). The Morgan fingerprint density at radius 2 is 1.53 bits per heavy atom. The van der Waals surface area contributed by atoms with Crippen LogP contribution in [0.25, 0.3) is 16.4 Å². The van der Waals surface area contributed by atoms with Crippen molar-refractivity contribution in [2.75, 3.05) is 31.7 Å². The van der Waals surface area contributed by atoms with Crippen LogP contribution in [0, 0.1) is 6.92 Å². The van der Waals surface area contributed by atoms with Crippen LogP contribution in [0.4, 0.5) is 5.82 Å². The third kappa shape index (κ3) is 6.08. The molecule has 0 saturated heterocycles. The number of anilines is 1. The molecule has 0 saturated carbocycles. The highest BCUT2D eigenvalue weighted by atomic mass is 32.1. The van der Waals surface area contributed by atoms with E-state index in [1.54, 1.807) is 22.9 Å². The number of aromatic nitrogens is 3. The monoisotopic (exact) mass is 536 g/mol. The van der Waals surface area contributed by atoms with E-state index >= 15 is 0 Å². The van der Waals surface area contributed by atoms with Crippen LogP contribution in [-0.2, 0) is 0 Å². The number of amides is 1. The Morgan fingerprint density at radius 1 is 0.895 bits per heavy atom. The molecule has 9 nitrogen and oxygen atoms in total. The van der Waals surface area contributed by atoms with E-state index in [0.29, 0.717) is 60.2 Å². The van der Waals surface area contributed by atoms with Gasteiger partial charge in [0.2, 0.25) is 10.9 Å². The van der Waals surface area contributed by atoms with E-state index in [1.165, 1.54) is 11.3 Å². The molecule has 0 radical (unpaired) electrons. The van der Waals surface area contributed by atoms with Crippen molar-refractivity contribution in [3.05, 3.63) is 59.1 Å². The fraction of sp³-hybridized carbons (Fsp3) is 0.321. The highest BCUT2D eigenvalue weighted by Crippen LogP contribution is 2.39. The lowest BCUT2D eigenvalue weighted by atomic mass is 10.1. The summed E-state index contributed by atoms with van der Waals surface area (Å²) < 4.78 is 24.4. The van der Waals surface area contributed by atoms with Crippen LogP contribution in [0.3, 0.4) is 0 Å². The van der Waals surface area contributed by atoms with E-state index in [4.69, 9.17) is 23.9 Å². The lowest BCUT2D eigenvalue weighted by Gasteiger charge is -2.17. The van der Waals surface area contributed by atoms with Gasteiger partial charge in [0.05, 0.1) is 37.8 Å². The van der Waals surface area contributed by atoms with E-state index in [0.717, 1.165) is 22.7 Å². The van der Waals surface area contributed by atoms with Gasteiger partial charge in [0.15, 0.2) is 11.5 Å². The normalized spacial score (nSPS) is 10.8. The first kappa shape index (κ1) is 27.0. The lowest BCUT2D eigenvalue weighted by Crippen LogP contribution is -2.16. The van der Waals surface area contributed by atoms with Gasteiger partial charge in [-0.05, 0) is 71.0 Å². The Hall–Kier alpha value is -4.05. The number of ether oxygens (including phenoxy) is 4. The van der Waals surface area contributed by atoms with E-state index in [-0.39, 0.29) is 5.91 Å². The van der Waals surface area contributed by atoms with Gasteiger partial charge in [0, 0.05) is 22.6 Å². The zero-order valence-electron chi connectivity index (χ0n) is 22.2. The Balaban J connectivity index is 1.61. The van der Waals surface area contributed by atoms with Crippen molar-refractivity contribution in [1.29, 1.82) is 0 Å². The minimum Gasteiger partial charge on any atom is -0.494 e. The molecule has 0 bridgehead atoms. The maximum Gasteiger partial charge on any atom is 0.257 e. The zero-order valence-corrected chi connectivity index (χ0v) is 23.1. The molecular weight excluding hydrogens is 504 g/mol. The Kier molecular flexibility index (Phi) is 8.85. The number of rotatable bonds is 12. The van der Waals surface area contributed by atoms with Gasteiger partial charge in [0.1, 0.15) is 11.6 Å². The molecule has 1 amide bonds. The Bertz CT molecular complexity index is 1350. The van der Waals surface area contributed by atoms with Gasteiger partial charge in [0.25, 0.3) is 5.91 Å². The largest absolute Gasteiger partial charge is 0.494 e.